The number of thiophene rings is 2. The Labute approximate surface area is 300 Å². The topological polar surface area (TPSA) is 54.5 Å². The normalized spacial score (nSPS) is 11.9. The van der Waals surface area contributed by atoms with Crippen molar-refractivity contribution in [2.24, 2.45) is 0 Å². The maximum atomic E-state index is 4.95. The van der Waals surface area contributed by atoms with E-state index in [1.165, 1.54) is 51.1 Å². The van der Waals surface area contributed by atoms with Gasteiger partial charge in [0.2, 0.25) is 0 Å². The van der Waals surface area contributed by atoms with Gasteiger partial charge in [-0.15, -0.1) is 32.9 Å². The number of nitrogens with one attached hydrogen (secondary N) is 1. The molecule has 238 valence electrons. The summed E-state index contributed by atoms with van der Waals surface area (Å²) in [6, 6.07) is 54.2. The number of hydrogen-bond donors (Lipinski definition) is 1. The summed E-state index contributed by atoms with van der Waals surface area (Å²) in [5, 5.41) is 21.7. The molecule has 0 aliphatic carbocycles. The van der Waals surface area contributed by atoms with Crippen LogP contribution in [0.3, 0.4) is 0 Å². The summed E-state index contributed by atoms with van der Waals surface area (Å²) in [7, 11) is 0. The van der Waals surface area contributed by atoms with Crippen LogP contribution in [-0.2, 0) is 0 Å². The molecule has 0 amide bonds. The van der Waals surface area contributed by atoms with Crippen LogP contribution in [0.15, 0.2) is 152 Å². The lowest BCUT2D eigenvalue weighted by molar-refractivity contribution is 0.880. The van der Waals surface area contributed by atoms with Crippen LogP contribution in [-0.4, -0.2) is 20.4 Å². The number of hydrogen-bond acceptors (Lipinski definition) is 5. The molecule has 0 aliphatic rings. The van der Waals surface area contributed by atoms with Crippen LogP contribution in [0.25, 0.3) is 107 Å². The molecule has 0 atom stereocenters. The van der Waals surface area contributed by atoms with Crippen LogP contribution in [0.5, 0.6) is 0 Å². The second-order valence-corrected chi connectivity index (χ2v) is 15.0. The third-order valence-corrected chi connectivity index (χ3v) is 12.4. The third kappa shape index (κ3) is 4.27. The van der Waals surface area contributed by atoms with Gasteiger partial charge in [0, 0.05) is 78.9 Å². The molecule has 4 heterocycles. The molecular formula is C45H26N4S2. The first-order chi connectivity index (χ1) is 25.3. The van der Waals surface area contributed by atoms with E-state index in [4.69, 9.17) is 10.2 Å². The Morgan fingerprint density at radius 2 is 0.843 bits per heavy atom. The van der Waals surface area contributed by atoms with Crippen molar-refractivity contribution >= 4 is 84.8 Å². The standard InChI is InChI=1S/C45H26N4S2/c1-2-14-28(26(12-1)29-17-9-18-30-27-13-3-6-21-35(27)46-43(29)30)42-44(33-19-10-24-38-40(33)31-15-4-7-22-36(31)50-38)47-49-48-45(42)34-20-11-25-39-41(34)32-16-5-8-23-37(32)51-39/h1-25,46H. The second-order valence-electron chi connectivity index (χ2n) is 12.9. The highest BCUT2D eigenvalue weighted by Gasteiger charge is 2.25. The van der Waals surface area contributed by atoms with Gasteiger partial charge in [-0.3, -0.25) is 0 Å². The minimum Gasteiger partial charge on any atom is -0.354 e. The van der Waals surface area contributed by atoms with Crippen molar-refractivity contribution in [3.05, 3.63) is 152 Å². The second kappa shape index (κ2) is 11.2. The smallest absolute Gasteiger partial charge is 0.105 e. The number of para-hydroxylation sites is 2. The molecule has 0 saturated carbocycles. The fourth-order valence-electron chi connectivity index (χ4n) is 7.93. The van der Waals surface area contributed by atoms with Crippen molar-refractivity contribution < 1.29 is 0 Å². The molecule has 11 aromatic rings. The summed E-state index contributed by atoms with van der Waals surface area (Å²) in [6.07, 6.45) is 0. The Hall–Kier alpha value is -6.21. The molecule has 7 aromatic carbocycles. The fourth-order valence-corrected chi connectivity index (χ4v) is 10.2. The summed E-state index contributed by atoms with van der Waals surface area (Å²) in [5.41, 5.74) is 10.3. The quantitative estimate of drug-likeness (QED) is 0.200. The predicted octanol–water partition coefficient (Wildman–Crippen LogP) is 12.9. The fraction of sp³-hybridized carbons (Fsp3) is 0. The Morgan fingerprint density at radius 3 is 1.51 bits per heavy atom. The molecule has 11 rings (SSSR count). The highest BCUT2D eigenvalue weighted by atomic mass is 32.1. The molecule has 6 heteroatoms. The Kier molecular flexibility index (Phi) is 6.26. The van der Waals surface area contributed by atoms with E-state index in [0.717, 1.165) is 55.8 Å². The maximum Gasteiger partial charge on any atom is 0.105 e. The number of aromatic amines is 1. The van der Waals surface area contributed by atoms with Crippen molar-refractivity contribution in [3.63, 3.8) is 0 Å². The average Bonchev–Trinajstić information content (AvgIpc) is 3.89. The number of benzene rings is 7. The Bertz CT molecular complexity index is 3030. The van der Waals surface area contributed by atoms with E-state index in [2.05, 4.69) is 162 Å². The molecule has 1 N–H and O–H groups in total. The number of rotatable bonds is 4. The van der Waals surface area contributed by atoms with Gasteiger partial charge in [0.05, 0.1) is 5.52 Å². The molecule has 0 bridgehead atoms. The van der Waals surface area contributed by atoms with E-state index in [1.54, 1.807) is 0 Å². The molecule has 0 fully saturated rings. The van der Waals surface area contributed by atoms with Crippen LogP contribution in [0.2, 0.25) is 0 Å². The summed E-state index contributed by atoms with van der Waals surface area (Å²) in [4.78, 5) is 3.76. The molecule has 0 aliphatic heterocycles. The van der Waals surface area contributed by atoms with Gasteiger partial charge >= 0.3 is 0 Å². The van der Waals surface area contributed by atoms with Crippen molar-refractivity contribution in [2.45, 2.75) is 0 Å². The summed E-state index contributed by atoms with van der Waals surface area (Å²) in [5.74, 6) is 0. The van der Waals surface area contributed by atoms with Crippen molar-refractivity contribution in [2.75, 3.05) is 0 Å². The van der Waals surface area contributed by atoms with Crippen LogP contribution in [0, 0.1) is 0 Å². The molecular weight excluding hydrogens is 661 g/mol. The van der Waals surface area contributed by atoms with E-state index >= 15 is 0 Å². The highest BCUT2D eigenvalue weighted by molar-refractivity contribution is 7.26. The zero-order chi connectivity index (χ0) is 33.5. The molecule has 0 radical (unpaired) electrons. The van der Waals surface area contributed by atoms with Crippen molar-refractivity contribution in [3.8, 4) is 44.8 Å². The molecule has 4 nitrogen and oxygen atoms in total. The third-order valence-electron chi connectivity index (χ3n) is 10.1. The number of nitrogens with zero attached hydrogens (tertiary/aromatic N) is 3. The van der Waals surface area contributed by atoms with Gasteiger partial charge in [0.25, 0.3) is 0 Å². The number of fused-ring (bicyclic) bond motifs is 9. The molecule has 51 heavy (non-hydrogen) atoms. The van der Waals surface area contributed by atoms with Gasteiger partial charge in [-0.25, -0.2) is 0 Å². The average molecular weight is 687 g/mol. The first-order valence-corrected chi connectivity index (χ1v) is 18.6. The summed E-state index contributed by atoms with van der Waals surface area (Å²) in [6.45, 7) is 0. The van der Waals surface area contributed by atoms with Gasteiger partial charge in [0.1, 0.15) is 11.4 Å². The predicted molar refractivity (Wildman–Crippen MR) is 217 cm³/mol. The van der Waals surface area contributed by atoms with Gasteiger partial charge < -0.3 is 4.98 Å². The van der Waals surface area contributed by atoms with Crippen molar-refractivity contribution in [1.29, 1.82) is 0 Å². The zero-order valence-electron chi connectivity index (χ0n) is 27.1. The Balaban J connectivity index is 1.28. The van der Waals surface area contributed by atoms with E-state index in [1.807, 2.05) is 22.7 Å². The lowest BCUT2D eigenvalue weighted by atomic mass is 9.87. The highest BCUT2D eigenvalue weighted by Crippen LogP contribution is 2.49. The van der Waals surface area contributed by atoms with Crippen LogP contribution in [0.1, 0.15) is 0 Å². The van der Waals surface area contributed by atoms with E-state index in [0.29, 0.717) is 0 Å². The van der Waals surface area contributed by atoms with Gasteiger partial charge in [0.15, 0.2) is 0 Å². The first kappa shape index (κ1) is 28.6. The molecule has 0 saturated heterocycles. The summed E-state index contributed by atoms with van der Waals surface area (Å²) >= 11 is 3.63. The maximum absolute atomic E-state index is 4.95. The molecule has 0 unspecified atom stereocenters. The lowest BCUT2D eigenvalue weighted by Gasteiger charge is -2.18. The molecule has 0 spiro atoms. The van der Waals surface area contributed by atoms with E-state index < -0.39 is 0 Å². The summed E-state index contributed by atoms with van der Waals surface area (Å²) < 4.78 is 4.96. The lowest BCUT2D eigenvalue weighted by Crippen LogP contribution is -2.02. The monoisotopic (exact) mass is 686 g/mol. The van der Waals surface area contributed by atoms with Crippen LogP contribution in [0.4, 0.5) is 0 Å². The molecule has 4 aromatic heterocycles. The number of aromatic nitrogens is 4. The van der Waals surface area contributed by atoms with Crippen LogP contribution < -0.4 is 0 Å². The number of H-pyrrole nitrogens is 1. The van der Waals surface area contributed by atoms with E-state index in [9.17, 15) is 0 Å². The van der Waals surface area contributed by atoms with Gasteiger partial charge in [-0.05, 0) is 46.7 Å². The zero-order valence-corrected chi connectivity index (χ0v) is 28.7. The minimum atomic E-state index is 0.821. The van der Waals surface area contributed by atoms with Crippen molar-refractivity contribution in [1.82, 2.24) is 20.4 Å². The van der Waals surface area contributed by atoms with E-state index in [-0.39, 0.29) is 0 Å². The van der Waals surface area contributed by atoms with Crippen LogP contribution >= 0.6 is 22.7 Å². The van der Waals surface area contributed by atoms with Gasteiger partial charge in [-0.1, -0.05) is 121 Å². The first-order valence-electron chi connectivity index (χ1n) is 17.0. The minimum absolute atomic E-state index is 0.821. The van der Waals surface area contributed by atoms with Gasteiger partial charge in [-0.2, -0.15) is 0 Å². The SMILES string of the molecule is c1ccc(-c2cccc3c2[nH]c2ccccc23)c(-c2c(-c3cccc4sc5ccccc5c34)nnnc2-c2cccc3sc4ccccc4c23)c1. The Morgan fingerprint density at radius 1 is 0.373 bits per heavy atom. The largest absolute Gasteiger partial charge is 0.354 e.